The first-order chi connectivity index (χ1) is 8.52. The van der Waals surface area contributed by atoms with E-state index in [0.717, 1.165) is 33.6 Å². The molecule has 0 spiro atoms. The van der Waals surface area contributed by atoms with E-state index < -0.39 is 0 Å². The number of hydrogen-bond acceptors (Lipinski definition) is 1. The highest BCUT2D eigenvalue weighted by Gasteiger charge is 2.09. The fourth-order valence-electron chi connectivity index (χ4n) is 1.89. The molecule has 1 nitrogen and oxygen atoms in total. The highest BCUT2D eigenvalue weighted by atomic mass is 35.5. The Bertz CT molecular complexity index is 618. The molecule has 92 valence electrons. The summed E-state index contributed by atoms with van der Waals surface area (Å²) in [6.45, 7) is 3.95. The molecule has 0 aliphatic rings. The van der Waals surface area contributed by atoms with E-state index in [1.807, 2.05) is 32.0 Å². The van der Waals surface area contributed by atoms with Crippen molar-refractivity contribution in [3.63, 3.8) is 0 Å². The van der Waals surface area contributed by atoms with Crippen LogP contribution in [-0.4, -0.2) is 6.29 Å². The Hall–Kier alpha value is -1.31. The van der Waals surface area contributed by atoms with Gasteiger partial charge in [-0.05, 0) is 48.7 Å². The molecule has 0 unspecified atom stereocenters. The number of halogens is 2. The Balaban J connectivity index is 2.62. The predicted octanol–water partition coefficient (Wildman–Crippen LogP) is 5.09. The van der Waals surface area contributed by atoms with E-state index in [-0.39, 0.29) is 0 Å². The van der Waals surface area contributed by atoms with Crippen LogP contribution in [0.5, 0.6) is 0 Å². The van der Waals surface area contributed by atoms with Crippen LogP contribution in [0.15, 0.2) is 30.3 Å². The Labute approximate surface area is 116 Å². The molecule has 0 aliphatic heterocycles. The molecule has 0 amide bonds. The summed E-state index contributed by atoms with van der Waals surface area (Å²) in [5.74, 6) is 0. The zero-order chi connectivity index (χ0) is 13.3. The first-order valence-electron chi connectivity index (χ1n) is 5.55. The van der Waals surface area contributed by atoms with Gasteiger partial charge in [0.2, 0.25) is 0 Å². The minimum Gasteiger partial charge on any atom is -0.298 e. The normalized spacial score (nSPS) is 10.4. The van der Waals surface area contributed by atoms with Crippen molar-refractivity contribution in [2.45, 2.75) is 13.8 Å². The van der Waals surface area contributed by atoms with Crippen LogP contribution in [0.25, 0.3) is 11.1 Å². The lowest BCUT2D eigenvalue weighted by molar-refractivity contribution is 0.112. The van der Waals surface area contributed by atoms with E-state index in [1.54, 1.807) is 12.1 Å². The summed E-state index contributed by atoms with van der Waals surface area (Å²) >= 11 is 12.3. The van der Waals surface area contributed by atoms with Crippen molar-refractivity contribution >= 4 is 29.5 Å². The van der Waals surface area contributed by atoms with Crippen molar-refractivity contribution in [1.29, 1.82) is 0 Å². The fraction of sp³-hybridized carbons (Fsp3) is 0.133. The average Bonchev–Trinajstić information content (AvgIpc) is 2.34. The average molecular weight is 279 g/mol. The number of aryl methyl sites for hydroxylation is 2. The van der Waals surface area contributed by atoms with Gasteiger partial charge >= 0.3 is 0 Å². The largest absolute Gasteiger partial charge is 0.298 e. The van der Waals surface area contributed by atoms with Gasteiger partial charge in [0.25, 0.3) is 0 Å². The number of rotatable bonds is 2. The van der Waals surface area contributed by atoms with Crippen molar-refractivity contribution in [2.24, 2.45) is 0 Å². The van der Waals surface area contributed by atoms with Gasteiger partial charge in [-0.25, -0.2) is 0 Å². The topological polar surface area (TPSA) is 17.1 Å². The van der Waals surface area contributed by atoms with Crippen LogP contribution in [-0.2, 0) is 0 Å². The quantitative estimate of drug-likeness (QED) is 0.700. The van der Waals surface area contributed by atoms with Gasteiger partial charge in [0, 0.05) is 21.2 Å². The maximum absolute atomic E-state index is 10.7. The molecule has 2 aromatic carbocycles. The molecule has 3 heteroatoms. The van der Waals surface area contributed by atoms with Crippen LogP contribution >= 0.6 is 23.2 Å². The van der Waals surface area contributed by atoms with Gasteiger partial charge in [-0.1, -0.05) is 35.3 Å². The van der Waals surface area contributed by atoms with E-state index in [4.69, 9.17) is 23.2 Å². The second kappa shape index (κ2) is 5.13. The summed E-state index contributed by atoms with van der Waals surface area (Å²) in [6, 6.07) is 9.24. The minimum absolute atomic E-state index is 0.574. The number of carbonyl (C=O) groups is 1. The summed E-state index contributed by atoms with van der Waals surface area (Å²) in [4.78, 5) is 10.7. The number of carbonyl (C=O) groups excluding carboxylic acids is 1. The zero-order valence-electron chi connectivity index (χ0n) is 10.1. The van der Waals surface area contributed by atoms with E-state index in [0.29, 0.717) is 10.6 Å². The lowest BCUT2D eigenvalue weighted by Crippen LogP contribution is -1.89. The highest BCUT2D eigenvalue weighted by molar-refractivity contribution is 6.34. The molecule has 0 fully saturated rings. The summed E-state index contributed by atoms with van der Waals surface area (Å²) in [5, 5.41) is 1.32. The van der Waals surface area contributed by atoms with Crippen molar-refractivity contribution in [3.8, 4) is 11.1 Å². The molecular weight excluding hydrogens is 267 g/mol. The second-order valence-corrected chi connectivity index (χ2v) is 5.09. The van der Waals surface area contributed by atoms with E-state index >= 15 is 0 Å². The molecule has 0 bridgehead atoms. The Morgan fingerprint density at radius 2 is 1.61 bits per heavy atom. The van der Waals surface area contributed by atoms with Crippen molar-refractivity contribution in [3.05, 3.63) is 57.1 Å². The van der Waals surface area contributed by atoms with Gasteiger partial charge < -0.3 is 0 Å². The molecule has 0 N–H and O–H groups in total. The van der Waals surface area contributed by atoms with Crippen LogP contribution in [0.4, 0.5) is 0 Å². The van der Waals surface area contributed by atoms with Gasteiger partial charge in [0.05, 0.1) is 0 Å². The molecule has 0 saturated heterocycles. The summed E-state index contributed by atoms with van der Waals surface area (Å²) in [7, 11) is 0. The van der Waals surface area contributed by atoms with Crippen molar-refractivity contribution in [1.82, 2.24) is 0 Å². The third kappa shape index (κ3) is 2.43. The van der Waals surface area contributed by atoms with E-state index in [1.165, 1.54) is 0 Å². The van der Waals surface area contributed by atoms with Crippen LogP contribution in [0.3, 0.4) is 0 Å². The molecule has 0 saturated carbocycles. The number of hydrogen-bond donors (Lipinski definition) is 0. The van der Waals surface area contributed by atoms with Crippen LogP contribution in [0.1, 0.15) is 21.5 Å². The maximum Gasteiger partial charge on any atom is 0.150 e. The highest BCUT2D eigenvalue weighted by Crippen LogP contribution is 2.33. The summed E-state index contributed by atoms with van der Waals surface area (Å²) in [6.07, 6.45) is 0.787. The Morgan fingerprint density at radius 1 is 0.889 bits per heavy atom. The lowest BCUT2D eigenvalue weighted by atomic mass is 9.97. The molecule has 0 aliphatic carbocycles. The van der Waals surface area contributed by atoms with Crippen LogP contribution in [0, 0.1) is 13.8 Å². The summed E-state index contributed by atoms with van der Waals surface area (Å²) in [5.41, 5.74) is 4.60. The predicted molar refractivity (Wildman–Crippen MR) is 76.8 cm³/mol. The van der Waals surface area contributed by atoms with Crippen molar-refractivity contribution < 1.29 is 4.79 Å². The summed E-state index contributed by atoms with van der Waals surface area (Å²) < 4.78 is 0. The third-order valence-electron chi connectivity index (χ3n) is 2.93. The molecule has 2 rings (SSSR count). The standard InChI is InChI=1S/C15H12Cl2O/c1-9-6-14(16)10(2)5-13(9)12-4-3-11(8-18)7-15(12)17/h3-8H,1-2H3. The van der Waals surface area contributed by atoms with Gasteiger partial charge in [-0.3, -0.25) is 4.79 Å². The molecule has 0 atom stereocenters. The molecular formula is C15H12Cl2O. The lowest BCUT2D eigenvalue weighted by Gasteiger charge is -2.11. The second-order valence-electron chi connectivity index (χ2n) is 4.27. The van der Waals surface area contributed by atoms with Crippen LogP contribution in [0.2, 0.25) is 10.0 Å². The van der Waals surface area contributed by atoms with Gasteiger partial charge in [0.15, 0.2) is 0 Å². The maximum atomic E-state index is 10.7. The minimum atomic E-state index is 0.574. The zero-order valence-corrected chi connectivity index (χ0v) is 11.6. The molecule has 18 heavy (non-hydrogen) atoms. The third-order valence-corrected chi connectivity index (χ3v) is 3.64. The number of aldehydes is 1. The monoisotopic (exact) mass is 278 g/mol. The molecule has 0 heterocycles. The SMILES string of the molecule is Cc1cc(-c2ccc(C=O)cc2Cl)c(C)cc1Cl. The van der Waals surface area contributed by atoms with E-state index in [9.17, 15) is 4.79 Å². The van der Waals surface area contributed by atoms with Crippen molar-refractivity contribution in [2.75, 3.05) is 0 Å². The van der Waals surface area contributed by atoms with Gasteiger partial charge in [0.1, 0.15) is 6.29 Å². The number of benzene rings is 2. The fourth-order valence-corrected chi connectivity index (χ4v) is 2.40. The van der Waals surface area contributed by atoms with Crippen LogP contribution < -0.4 is 0 Å². The van der Waals surface area contributed by atoms with Gasteiger partial charge in [-0.2, -0.15) is 0 Å². The molecule has 0 radical (unpaired) electrons. The molecule has 2 aromatic rings. The first-order valence-corrected chi connectivity index (χ1v) is 6.30. The smallest absolute Gasteiger partial charge is 0.150 e. The van der Waals surface area contributed by atoms with E-state index in [2.05, 4.69) is 0 Å². The Morgan fingerprint density at radius 3 is 2.22 bits per heavy atom. The Kier molecular flexibility index (Phi) is 3.74. The first kappa shape index (κ1) is 13.1. The molecule has 0 aromatic heterocycles. The van der Waals surface area contributed by atoms with Gasteiger partial charge in [-0.15, -0.1) is 0 Å².